The first kappa shape index (κ1) is 17.8. The summed E-state index contributed by atoms with van der Waals surface area (Å²) in [6, 6.07) is -0.424. The summed E-state index contributed by atoms with van der Waals surface area (Å²) in [4.78, 5) is 0. The van der Waals surface area contributed by atoms with Crippen LogP contribution in [0.5, 0.6) is 0 Å². The van der Waals surface area contributed by atoms with Crippen molar-refractivity contribution >= 4 is 11.9 Å². The molecule has 9 heteroatoms. The monoisotopic (exact) mass is 337 g/mol. The van der Waals surface area contributed by atoms with Crippen LogP contribution in [0.3, 0.4) is 0 Å². The van der Waals surface area contributed by atoms with E-state index in [1.54, 1.807) is 0 Å². The van der Waals surface area contributed by atoms with Crippen molar-refractivity contribution in [2.75, 3.05) is 0 Å². The van der Waals surface area contributed by atoms with Crippen molar-refractivity contribution in [3.8, 4) is 0 Å². The van der Waals surface area contributed by atoms with Crippen molar-refractivity contribution in [1.29, 1.82) is 10.8 Å². The van der Waals surface area contributed by atoms with Gasteiger partial charge >= 0.3 is 0 Å². The lowest BCUT2D eigenvalue weighted by atomic mass is 9.92. The molecule has 0 aromatic heterocycles. The summed E-state index contributed by atoms with van der Waals surface area (Å²) in [5, 5.41) is 23.5. The van der Waals surface area contributed by atoms with Crippen LogP contribution in [0.15, 0.2) is 0 Å². The number of halogens is 4. The summed E-state index contributed by atoms with van der Waals surface area (Å²) in [6.07, 6.45) is 0.276. The van der Waals surface area contributed by atoms with Gasteiger partial charge in [-0.15, -0.1) is 0 Å². The third kappa shape index (κ3) is 5.87. The smallest absolute Gasteiger partial charge is 0.248 e. The molecule has 0 spiro atoms. The summed E-state index contributed by atoms with van der Waals surface area (Å²) in [5.41, 5.74) is 0. The SMILES string of the molecule is N=C(NC(=N)NC1CCC(F)(F)CC1)NC1CCC(F)(F)CC1. The highest BCUT2D eigenvalue weighted by atomic mass is 19.3. The Labute approximate surface area is 132 Å². The molecule has 0 aliphatic heterocycles. The van der Waals surface area contributed by atoms with Gasteiger partial charge in [-0.05, 0) is 25.7 Å². The Hall–Kier alpha value is -1.54. The molecular weight excluding hydrogens is 314 g/mol. The topological polar surface area (TPSA) is 83.8 Å². The first-order valence-corrected chi connectivity index (χ1v) is 7.88. The molecule has 5 nitrogen and oxygen atoms in total. The number of rotatable bonds is 2. The van der Waals surface area contributed by atoms with Crippen LogP contribution in [0, 0.1) is 10.8 Å². The van der Waals surface area contributed by atoms with E-state index < -0.39 is 11.8 Å². The van der Waals surface area contributed by atoms with Gasteiger partial charge in [0, 0.05) is 37.8 Å². The molecule has 2 saturated carbocycles. The van der Waals surface area contributed by atoms with Crippen LogP contribution in [-0.2, 0) is 0 Å². The van der Waals surface area contributed by atoms with Crippen LogP contribution < -0.4 is 16.0 Å². The molecule has 0 unspecified atom stereocenters. The number of alkyl halides is 4. The van der Waals surface area contributed by atoms with E-state index >= 15 is 0 Å². The zero-order valence-corrected chi connectivity index (χ0v) is 12.8. The van der Waals surface area contributed by atoms with Gasteiger partial charge in [0.15, 0.2) is 11.9 Å². The maximum Gasteiger partial charge on any atom is 0.248 e. The molecule has 23 heavy (non-hydrogen) atoms. The van der Waals surface area contributed by atoms with Gasteiger partial charge in [-0.2, -0.15) is 0 Å². The van der Waals surface area contributed by atoms with Gasteiger partial charge in [-0.25, -0.2) is 17.6 Å². The van der Waals surface area contributed by atoms with Crippen LogP contribution in [0.25, 0.3) is 0 Å². The normalized spacial score (nSPS) is 24.7. The second-order valence-corrected chi connectivity index (χ2v) is 6.42. The molecule has 0 saturated heterocycles. The summed E-state index contributed by atoms with van der Waals surface area (Å²) >= 11 is 0. The average molecular weight is 337 g/mol. The van der Waals surface area contributed by atoms with E-state index in [1.807, 2.05) is 0 Å². The van der Waals surface area contributed by atoms with Crippen molar-refractivity contribution in [2.24, 2.45) is 0 Å². The van der Waals surface area contributed by atoms with Crippen molar-refractivity contribution < 1.29 is 17.6 Å². The van der Waals surface area contributed by atoms with E-state index in [1.165, 1.54) is 0 Å². The summed E-state index contributed by atoms with van der Waals surface area (Å²) in [7, 11) is 0. The predicted molar refractivity (Wildman–Crippen MR) is 79.3 cm³/mol. The fraction of sp³-hybridized carbons (Fsp3) is 0.857. The standard InChI is InChI=1S/C14H23F4N5/c15-13(16)5-1-9(2-6-13)21-11(19)23-12(20)22-10-3-7-14(17,18)8-4-10/h9-10H,1-8H2,(H5,19,20,21,22,23). The highest BCUT2D eigenvalue weighted by molar-refractivity contribution is 5.95. The number of hydrogen-bond acceptors (Lipinski definition) is 2. The van der Waals surface area contributed by atoms with Crippen LogP contribution >= 0.6 is 0 Å². The van der Waals surface area contributed by atoms with E-state index in [9.17, 15) is 17.6 Å². The van der Waals surface area contributed by atoms with E-state index in [2.05, 4.69) is 16.0 Å². The van der Waals surface area contributed by atoms with E-state index in [0.29, 0.717) is 0 Å². The van der Waals surface area contributed by atoms with Crippen LogP contribution in [0.1, 0.15) is 51.4 Å². The molecule has 0 aromatic carbocycles. The third-order valence-electron chi connectivity index (χ3n) is 4.38. The minimum absolute atomic E-state index is 0.140. The quantitative estimate of drug-likeness (QED) is 0.305. The number of guanidine groups is 2. The fourth-order valence-corrected chi connectivity index (χ4v) is 2.97. The predicted octanol–water partition coefficient (Wildman–Crippen LogP) is 2.78. The molecule has 0 atom stereocenters. The zero-order chi connectivity index (χ0) is 17.1. The van der Waals surface area contributed by atoms with Gasteiger partial charge in [0.1, 0.15) is 0 Å². The first-order chi connectivity index (χ1) is 10.7. The minimum Gasteiger partial charge on any atom is -0.353 e. The molecule has 5 N–H and O–H groups in total. The van der Waals surface area contributed by atoms with E-state index in [4.69, 9.17) is 10.8 Å². The average Bonchev–Trinajstić information content (AvgIpc) is 2.43. The molecule has 2 aliphatic carbocycles. The van der Waals surface area contributed by atoms with Gasteiger partial charge in [0.25, 0.3) is 0 Å². The lowest BCUT2D eigenvalue weighted by Gasteiger charge is -2.31. The molecule has 132 valence electrons. The van der Waals surface area contributed by atoms with Crippen molar-refractivity contribution in [3.05, 3.63) is 0 Å². The summed E-state index contributed by atoms with van der Waals surface area (Å²) in [6.45, 7) is 0. The Morgan fingerprint density at radius 1 is 0.696 bits per heavy atom. The lowest BCUT2D eigenvalue weighted by Crippen LogP contribution is -2.52. The van der Waals surface area contributed by atoms with Crippen LogP contribution in [0.2, 0.25) is 0 Å². The van der Waals surface area contributed by atoms with E-state index in [-0.39, 0.29) is 75.4 Å². The van der Waals surface area contributed by atoms with Crippen LogP contribution in [-0.4, -0.2) is 35.8 Å². The fourth-order valence-electron chi connectivity index (χ4n) is 2.97. The molecule has 0 amide bonds. The number of hydrogen-bond donors (Lipinski definition) is 5. The van der Waals surface area contributed by atoms with Gasteiger partial charge in [0.2, 0.25) is 11.8 Å². The van der Waals surface area contributed by atoms with Crippen molar-refractivity contribution in [1.82, 2.24) is 16.0 Å². The molecular formula is C14H23F4N5. The third-order valence-corrected chi connectivity index (χ3v) is 4.38. The van der Waals surface area contributed by atoms with Gasteiger partial charge in [-0.3, -0.25) is 16.1 Å². The molecule has 0 heterocycles. The second kappa shape index (κ2) is 6.92. The minimum atomic E-state index is -2.62. The molecule has 2 rings (SSSR count). The lowest BCUT2D eigenvalue weighted by molar-refractivity contribution is -0.0394. The molecule has 2 aliphatic rings. The second-order valence-electron chi connectivity index (χ2n) is 6.42. The summed E-state index contributed by atoms with van der Waals surface area (Å²) < 4.78 is 52.2. The first-order valence-electron chi connectivity index (χ1n) is 7.88. The van der Waals surface area contributed by atoms with Crippen molar-refractivity contribution in [2.45, 2.75) is 75.3 Å². The Bertz CT molecular complexity index is 394. The van der Waals surface area contributed by atoms with E-state index in [0.717, 1.165) is 0 Å². The zero-order valence-electron chi connectivity index (χ0n) is 12.8. The van der Waals surface area contributed by atoms with Gasteiger partial charge in [0.05, 0.1) is 0 Å². The molecule has 2 fully saturated rings. The molecule has 0 aromatic rings. The Kier molecular flexibility index (Phi) is 5.36. The maximum absolute atomic E-state index is 13.0. The molecule has 0 bridgehead atoms. The molecule has 0 radical (unpaired) electrons. The largest absolute Gasteiger partial charge is 0.353 e. The highest BCUT2D eigenvalue weighted by Gasteiger charge is 2.36. The van der Waals surface area contributed by atoms with Gasteiger partial charge in [-0.1, -0.05) is 0 Å². The summed E-state index contributed by atoms with van der Waals surface area (Å²) in [5.74, 6) is -5.52. The van der Waals surface area contributed by atoms with Gasteiger partial charge < -0.3 is 10.6 Å². The number of nitrogens with one attached hydrogen (secondary N) is 5. The Balaban J connectivity index is 1.66. The van der Waals surface area contributed by atoms with Crippen molar-refractivity contribution in [3.63, 3.8) is 0 Å². The highest BCUT2D eigenvalue weighted by Crippen LogP contribution is 2.33. The Morgan fingerprint density at radius 3 is 1.30 bits per heavy atom. The maximum atomic E-state index is 13.0. The van der Waals surface area contributed by atoms with Crippen LogP contribution in [0.4, 0.5) is 17.6 Å². The Morgan fingerprint density at radius 2 is 1.00 bits per heavy atom.